The Kier molecular flexibility index (Phi) is 4.41. The highest BCUT2D eigenvalue weighted by Gasteiger charge is 2.24. The number of rotatable bonds is 5. The van der Waals surface area contributed by atoms with E-state index in [1.807, 2.05) is 5.32 Å². The third kappa shape index (κ3) is 3.66. The number of hydrogen-bond acceptors (Lipinski definition) is 4. The number of amides is 1. The Balaban J connectivity index is 2.91. The number of carbonyl (C=O) groups excluding carboxylic acids is 1. The van der Waals surface area contributed by atoms with Crippen molar-refractivity contribution >= 4 is 23.5 Å². The van der Waals surface area contributed by atoms with Crippen LogP contribution in [0.25, 0.3) is 0 Å². The van der Waals surface area contributed by atoms with Crippen LogP contribution in [-0.2, 0) is 9.59 Å². The van der Waals surface area contributed by atoms with Crippen LogP contribution < -0.4 is 11.1 Å². The molecule has 0 aliphatic rings. The lowest BCUT2D eigenvalue weighted by molar-refractivity contribution is -0.145. The van der Waals surface area contributed by atoms with Gasteiger partial charge < -0.3 is 21.3 Å². The topological polar surface area (TPSA) is 130 Å². The molecule has 7 nitrogen and oxygen atoms in total. The minimum absolute atomic E-state index is 0.253. The Hall–Kier alpha value is -2.64. The number of anilines is 1. The van der Waals surface area contributed by atoms with Gasteiger partial charge >= 0.3 is 11.9 Å². The Morgan fingerprint density at radius 1 is 1.32 bits per heavy atom. The van der Waals surface area contributed by atoms with E-state index in [1.54, 1.807) is 0 Å². The first kappa shape index (κ1) is 14.4. The molecular formula is C11H11FN2O5. The predicted octanol–water partition coefficient (Wildman–Crippen LogP) is 0.0656. The molecule has 1 aromatic carbocycles. The lowest BCUT2D eigenvalue weighted by Gasteiger charge is -2.13. The summed E-state index contributed by atoms with van der Waals surface area (Å²) in [7, 11) is 0. The van der Waals surface area contributed by atoms with Crippen LogP contribution in [0.3, 0.4) is 0 Å². The molecule has 19 heavy (non-hydrogen) atoms. The zero-order valence-corrected chi connectivity index (χ0v) is 9.59. The van der Waals surface area contributed by atoms with Crippen molar-refractivity contribution in [2.45, 2.75) is 12.5 Å². The fourth-order valence-electron chi connectivity index (χ4n) is 1.35. The van der Waals surface area contributed by atoms with Crippen LogP contribution in [-0.4, -0.2) is 34.1 Å². The standard InChI is InChI=1S/C11H11FN2O5/c12-6-3-1-2-5(9(6)13)10(17)14-7(11(18)19)4-8(15)16/h1-3,7H,4,13H2,(H,14,17)(H,15,16)(H,18,19). The summed E-state index contributed by atoms with van der Waals surface area (Å²) in [4.78, 5) is 32.9. The highest BCUT2D eigenvalue weighted by atomic mass is 19.1. The second-order valence-corrected chi connectivity index (χ2v) is 3.66. The van der Waals surface area contributed by atoms with Gasteiger partial charge in [-0.1, -0.05) is 6.07 Å². The maximum atomic E-state index is 13.1. The van der Waals surface area contributed by atoms with Gasteiger partial charge in [-0.2, -0.15) is 0 Å². The lowest BCUT2D eigenvalue weighted by atomic mass is 10.1. The molecule has 0 radical (unpaired) electrons. The van der Waals surface area contributed by atoms with E-state index in [4.69, 9.17) is 15.9 Å². The van der Waals surface area contributed by atoms with Crippen LogP contribution >= 0.6 is 0 Å². The van der Waals surface area contributed by atoms with E-state index >= 15 is 0 Å². The summed E-state index contributed by atoms with van der Waals surface area (Å²) in [5.74, 6) is -4.67. The number of aliphatic carboxylic acids is 2. The molecule has 0 aliphatic carbocycles. The molecule has 0 aromatic heterocycles. The van der Waals surface area contributed by atoms with E-state index in [9.17, 15) is 18.8 Å². The molecule has 0 fully saturated rings. The molecule has 0 saturated carbocycles. The number of nitrogens with one attached hydrogen (secondary N) is 1. The predicted molar refractivity (Wildman–Crippen MR) is 62.0 cm³/mol. The van der Waals surface area contributed by atoms with E-state index in [0.29, 0.717) is 0 Å². The number of nitrogen functional groups attached to an aromatic ring is 1. The number of benzene rings is 1. The molecule has 0 bridgehead atoms. The van der Waals surface area contributed by atoms with Gasteiger partial charge in [0.1, 0.15) is 11.9 Å². The lowest BCUT2D eigenvalue weighted by Crippen LogP contribution is -2.42. The molecule has 1 atom stereocenters. The second-order valence-electron chi connectivity index (χ2n) is 3.66. The van der Waals surface area contributed by atoms with Crippen LogP contribution in [0, 0.1) is 5.82 Å². The number of hydrogen-bond donors (Lipinski definition) is 4. The fourth-order valence-corrected chi connectivity index (χ4v) is 1.35. The van der Waals surface area contributed by atoms with E-state index in [0.717, 1.165) is 6.07 Å². The van der Waals surface area contributed by atoms with E-state index in [-0.39, 0.29) is 5.56 Å². The number of nitrogens with two attached hydrogens (primary N) is 1. The highest BCUT2D eigenvalue weighted by molar-refractivity contribution is 6.01. The van der Waals surface area contributed by atoms with Gasteiger partial charge in [-0.3, -0.25) is 9.59 Å². The van der Waals surface area contributed by atoms with Crippen molar-refractivity contribution in [2.24, 2.45) is 0 Å². The van der Waals surface area contributed by atoms with E-state index in [2.05, 4.69) is 0 Å². The van der Waals surface area contributed by atoms with Crippen LogP contribution in [0.15, 0.2) is 18.2 Å². The summed E-state index contributed by atoms with van der Waals surface area (Å²) in [6, 6.07) is 1.85. The van der Waals surface area contributed by atoms with Crippen molar-refractivity contribution in [3.8, 4) is 0 Å². The summed E-state index contributed by atoms with van der Waals surface area (Å²) in [6.07, 6.45) is -0.795. The normalized spacial score (nSPS) is 11.6. The Morgan fingerprint density at radius 3 is 2.47 bits per heavy atom. The minimum atomic E-state index is -1.62. The maximum Gasteiger partial charge on any atom is 0.326 e. The molecule has 8 heteroatoms. The van der Waals surface area contributed by atoms with Gasteiger partial charge in [0.05, 0.1) is 17.7 Å². The van der Waals surface area contributed by atoms with Crippen LogP contribution in [0.1, 0.15) is 16.8 Å². The van der Waals surface area contributed by atoms with Gasteiger partial charge in [-0.25, -0.2) is 9.18 Å². The molecule has 1 amide bonds. The minimum Gasteiger partial charge on any atom is -0.481 e. The Bertz CT molecular complexity index is 532. The zero-order valence-electron chi connectivity index (χ0n) is 9.59. The smallest absolute Gasteiger partial charge is 0.326 e. The number of carbonyl (C=O) groups is 3. The molecule has 0 heterocycles. The molecule has 1 aromatic rings. The quantitative estimate of drug-likeness (QED) is 0.560. The molecular weight excluding hydrogens is 259 g/mol. The van der Waals surface area contributed by atoms with E-state index in [1.165, 1.54) is 12.1 Å². The van der Waals surface area contributed by atoms with Crippen LogP contribution in [0.2, 0.25) is 0 Å². The van der Waals surface area contributed by atoms with Crippen molar-refractivity contribution in [3.63, 3.8) is 0 Å². The molecule has 1 unspecified atom stereocenters. The third-order valence-corrected chi connectivity index (χ3v) is 2.28. The summed E-state index contributed by atoms with van der Waals surface area (Å²) >= 11 is 0. The monoisotopic (exact) mass is 270 g/mol. The van der Waals surface area contributed by atoms with Crippen molar-refractivity contribution in [1.29, 1.82) is 0 Å². The van der Waals surface area contributed by atoms with Crippen molar-refractivity contribution in [1.82, 2.24) is 5.32 Å². The number of carboxylic acid groups (broad SMARTS) is 2. The largest absolute Gasteiger partial charge is 0.481 e. The average Bonchev–Trinajstić information content (AvgIpc) is 2.31. The van der Waals surface area contributed by atoms with Crippen LogP contribution in [0.4, 0.5) is 10.1 Å². The molecule has 102 valence electrons. The first-order chi connectivity index (χ1) is 8.82. The van der Waals surface area contributed by atoms with Crippen LogP contribution in [0.5, 0.6) is 0 Å². The first-order valence-corrected chi connectivity index (χ1v) is 5.12. The molecule has 5 N–H and O–H groups in total. The SMILES string of the molecule is Nc1c(F)cccc1C(=O)NC(CC(=O)O)C(=O)O. The third-order valence-electron chi connectivity index (χ3n) is 2.28. The van der Waals surface area contributed by atoms with Crippen molar-refractivity contribution in [2.75, 3.05) is 5.73 Å². The number of para-hydroxylation sites is 1. The first-order valence-electron chi connectivity index (χ1n) is 5.12. The van der Waals surface area contributed by atoms with Crippen molar-refractivity contribution in [3.05, 3.63) is 29.6 Å². The van der Waals surface area contributed by atoms with Gasteiger partial charge in [-0.05, 0) is 12.1 Å². The summed E-state index contributed by atoms with van der Waals surface area (Å²) in [5, 5.41) is 19.2. The Labute approximate surface area is 106 Å². The van der Waals surface area contributed by atoms with Gasteiger partial charge in [-0.15, -0.1) is 0 Å². The fraction of sp³-hybridized carbons (Fsp3) is 0.182. The summed E-state index contributed by atoms with van der Waals surface area (Å²) in [6.45, 7) is 0. The van der Waals surface area contributed by atoms with Gasteiger partial charge in [0.25, 0.3) is 5.91 Å². The Morgan fingerprint density at radius 2 is 1.95 bits per heavy atom. The maximum absolute atomic E-state index is 13.1. The van der Waals surface area contributed by atoms with Gasteiger partial charge in [0.15, 0.2) is 0 Å². The molecule has 0 aliphatic heterocycles. The summed E-state index contributed by atoms with van der Waals surface area (Å²) < 4.78 is 13.1. The second kappa shape index (κ2) is 5.80. The van der Waals surface area contributed by atoms with E-state index < -0.39 is 41.8 Å². The highest BCUT2D eigenvalue weighted by Crippen LogP contribution is 2.15. The molecule has 0 saturated heterocycles. The average molecular weight is 270 g/mol. The zero-order chi connectivity index (χ0) is 14.6. The van der Waals surface area contributed by atoms with Gasteiger partial charge in [0.2, 0.25) is 0 Å². The molecule has 1 rings (SSSR count). The molecule has 0 spiro atoms. The van der Waals surface area contributed by atoms with Gasteiger partial charge in [0, 0.05) is 0 Å². The summed E-state index contributed by atoms with van der Waals surface area (Å²) in [5.41, 5.74) is 4.65. The van der Waals surface area contributed by atoms with Crippen molar-refractivity contribution < 1.29 is 29.0 Å². The number of carboxylic acids is 2. The number of halogens is 1.